The number of hydrogen-bond donors (Lipinski definition) is 2. The highest BCUT2D eigenvalue weighted by Crippen LogP contribution is 2.16. The van der Waals surface area contributed by atoms with Crippen LogP contribution in [0.1, 0.15) is 5.56 Å². The fraction of sp³-hybridized carbons (Fsp3) is 0.385. The Bertz CT molecular complexity index is 475. The maximum atomic E-state index is 11.9. The highest BCUT2D eigenvalue weighted by atomic mass is 16.5. The van der Waals surface area contributed by atoms with Crippen LogP contribution in [0.4, 0.5) is 0 Å². The molecule has 1 heterocycles. The first-order valence-corrected chi connectivity index (χ1v) is 5.97. The van der Waals surface area contributed by atoms with Crippen LogP contribution < -0.4 is 15.4 Å². The van der Waals surface area contributed by atoms with E-state index in [1.807, 2.05) is 24.3 Å². The van der Waals surface area contributed by atoms with Crippen molar-refractivity contribution in [1.82, 2.24) is 10.6 Å². The van der Waals surface area contributed by atoms with Crippen molar-refractivity contribution in [2.45, 2.75) is 12.6 Å². The average molecular weight is 264 g/mol. The fourth-order valence-electron chi connectivity index (χ4n) is 1.84. The number of para-hydroxylation sites is 1. The van der Waals surface area contributed by atoms with Gasteiger partial charge in [-0.15, -0.1) is 0 Å². The molecule has 0 aromatic heterocycles. The summed E-state index contributed by atoms with van der Waals surface area (Å²) < 4.78 is 10.2. The molecule has 1 aromatic rings. The lowest BCUT2D eigenvalue weighted by atomic mass is 10.2. The van der Waals surface area contributed by atoms with Crippen molar-refractivity contribution in [3.05, 3.63) is 29.8 Å². The number of hydrogen-bond acceptors (Lipinski definition) is 4. The number of benzene rings is 1. The van der Waals surface area contributed by atoms with E-state index >= 15 is 0 Å². The number of carbonyl (C=O) groups is 2. The van der Waals surface area contributed by atoms with E-state index in [0.717, 1.165) is 5.56 Å². The zero-order valence-electron chi connectivity index (χ0n) is 10.6. The topological polar surface area (TPSA) is 76.7 Å². The van der Waals surface area contributed by atoms with Gasteiger partial charge in [-0.3, -0.25) is 9.59 Å². The summed E-state index contributed by atoms with van der Waals surface area (Å²) in [5.74, 6) is 0.175. The molecule has 1 aromatic carbocycles. The van der Waals surface area contributed by atoms with Crippen molar-refractivity contribution >= 4 is 11.8 Å². The van der Waals surface area contributed by atoms with Gasteiger partial charge in [-0.1, -0.05) is 18.2 Å². The largest absolute Gasteiger partial charge is 0.496 e. The lowest BCUT2D eigenvalue weighted by Crippen LogP contribution is -2.53. The molecule has 1 aliphatic rings. The summed E-state index contributed by atoms with van der Waals surface area (Å²) in [7, 11) is 1.58. The zero-order valence-corrected chi connectivity index (χ0v) is 10.6. The standard InChI is InChI=1S/C13H16N2O4/c1-18-11-5-3-2-4-9(11)6-14-13(17)10-7-19-8-12(16)15-10/h2-5,10H,6-8H2,1H3,(H,14,17)(H,15,16). The molecule has 102 valence electrons. The SMILES string of the molecule is COc1ccccc1CNC(=O)C1COCC(=O)N1. The molecule has 2 rings (SSSR count). The first-order valence-electron chi connectivity index (χ1n) is 5.97. The van der Waals surface area contributed by atoms with E-state index in [1.54, 1.807) is 7.11 Å². The van der Waals surface area contributed by atoms with Gasteiger partial charge < -0.3 is 20.1 Å². The van der Waals surface area contributed by atoms with Crippen LogP contribution in [0.25, 0.3) is 0 Å². The van der Waals surface area contributed by atoms with Crippen LogP contribution in [0.2, 0.25) is 0 Å². The van der Waals surface area contributed by atoms with Crippen molar-refractivity contribution in [1.29, 1.82) is 0 Å². The van der Waals surface area contributed by atoms with E-state index in [-0.39, 0.29) is 25.0 Å². The smallest absolute Gasteiger partial charge is 0.246 e. The normalized spacial score (nSPS) is 18.6. The van der Waals surface area contributed by atoms with Gasteiger partial charge in [0.2, 0.25) is 11.8 Å². The molecule has 1 atom stereocenters. The molecule has 1 fully saturated rings. The molecule has 0 saturated carbocycles. The molecule has 1 aliphatic heterocycles. The average Bonchev–Trinajstić information content (AvgIpc) is 2.45. The van der Waals surface area contributed by atoms with Gasteiger partial charge in [0, 0.05) is 12.1 Å². The van der Waals surface area contributed by atoms with Crippen molar-refractivity contribution < 1.29 is 19.1 Å². The highest BCUT2D eigenvalue weighted by Gasteiger charge is 2.25. The molecule has 2 amide bonds. The summed E-state index contributed by atoms with van der Waals surface area (Å²) >= 11 is 0. The molecule has 1 saturated heterocycles. The molecular weight excluding hydrogens is 248 g/mol. The fourth-order valence-corrected chi connectivity index (χ4v) is 1.84. The Morgan fingerprint density at radius 2 is 2.32 bits per heavy atom. The second-order valence-electron chi connectivity index (χ2n) is 4.16. The number of carbonyl (C=O) groups excluding carboxylic acids is 2. The number of morpholine rings is 1. The van der Waals surface area contributed by atoms with Gasteiger partial charge in [-0.25, -0.2) is 0 Å². The molecule has 19 heavy (non-hydrogen) atoms. The van der Waals surface area contributed by atoms with Crippen LogP contribution in [0.3, 0.4) is 0 Å². The van der Waals surface area contributed by atoms with Gasteiger partial charge in [0.15, 0.2) is 0 Å². The van der Waals surface area contributed by atoms with Crippen molar-refractivity contribution in [2.24, 2.45) is 0 Å². The second kappa shape index (κ2) is 6.19. The maximum absolute atomic E-state index is 11.9. The molecule has 6 nitrogen and oxygen atoms in total. The number of rotatable bonds is 4. The minimum Gasteiger partial charge on any atom is -0.496 e. The second-order valence-corrected chi connectivity index (χ2v) is 4.16. The zero-order chi connectivity index (χ0) is 13.7. The van der Waals surface area contributed by atoms with Crippen LogP contribution in [0.15, 0.2) is 24.3 Å². The van der Waals surface area contributed by atoms with E-state index in [4.69, 9.17) is 9.47 Å². The molecular formula is C13H16N2O4. The van der Waals surface area contributed by atoms with Gasteiger partial charge in [-0.2, -0.15) is 0 Å². The number of amides is 2. The van der Waals surface area contributed by atoms with Crippen molar-refractivity contribution in [3.8, 4) is 5.75 Å². The quantitative estimate of drug-likeness (QED) is 0.791. The Morgan fingerprint density at radius 3 is 3.05 bits per heavy atom. The summed E-state index contributed by atoms with van der Waals surface area (Å²) in [4.78, 5) is 23.0. The maximum Gasteiger partial charge on any atom is 0.246 e. The van der Waals surface area contributed by atoms with E-state index in [9.17, 15) is 9.59 Å². The van der Waals surface area contributed by atoms with E-state index in [0.29, 0.717) is 12.3 Å². The third-order valence-electron chi connectivity index (χ3n) is 2.81. The molecule has 0 spiro atoms. The monoisotopic (exact) mass is 264 g/mol. The van der Waals surface area contributed by atoms with Crippen molar-refractivity contribution in [3.63, 3.8) is 0 Å². The Hall–Kier alpha value is -2.08. The molecule has 2 N–H and O–H groups in total. The first-order chi connectivity index (χ1) is 9.20. The first kappa shape index (κ1) is 13.4. The molecule has 0 radical (unpaired) electrons. The Labute approximate surface area is 111 Å². The minimum absolute atomic E-state index is 0.0102. The third-order valence-corrected chi connectivity index (χ3v) is 2.81. The summed E-state index contributed by atoms with van der Waals surface area (Å²) in [6, 6.07) is 6.80. The third kappa shape index (κ3) is 3.45. The van der Waals surface area contributed by atoms with Crippen LogP contribution in [0.5, 0.6) is 5.75 Å². The van der Waals surface area contributed by atoms with E-state index in [2.05, 4.69) is 10.6 Å². The highest BCUT2D eigenvalue weighted by molar-refractivity contribution is 5.89. The predicted molar refractivity (Wildman–Crippen MR) is 67.6 cm³/mol. The molecule has 6 heteroatoms. The van der Waals surface area contributed by atoms with Crippen LogP contribution >= 0.6 is 0 Å². The summed E-state index contributed by atoms with van der Waals surface area (Å²) in [6.07, 6.45) is 0. The Morgan fingerprint density at radius 1 is 1.53 bits per heavy atom. The van der Waals surface area contributed by atoms with E-state index < -0.39 is 6.04 Å². The number of methoxy groups -OCH3 is 1. The lowest BCUT2D eigenvalue weighted by molar-refractivity contribution is -0.138. The van der Waals surface area contributed by atoms with Crippen LogP contribution in [-0.2, 0) is 20.9 Å². The van der Waals surface area contributed by atoms with Gasteiger partial charge in [0.05, 0.1) is 13.7 Å². The summed E-state index contributed by atoms with van der Waals surface area (Å²) in [6.45, 7) is 0.551. The van der Waals surface area contributed by atoms with Gasteiger partial charge in [0.1, 0.15) is 18.4 Å². The van der Waals surface area contributed by atoms with E-state index in [1.165, 1.54) is 0 Å². The van der Waals surface area contributed by atoms with Crippen LogP contribution in [0, 0.1) is 0 Å². The minimum atomic E-state index is -0.629. The molecule has 1 unspecified atom stereocenters. The van der Waals surface area contributed by atoms with Gasteiger partial charge in [-0.05, 0) is 6.07 Å². The Kier molecular flexibility index (Phi) is 4.35. The van der Waals surface area contributed by atoms with Crippen LogP contribution in [-0.4, -0.2) is 38.2 Å². The predicted octanol–water partition coefficient (Wildman–Crippen LogP) is -0.174. The Balaban J connectivity index is 1.91. The summed E-state index contributed by atoms with van der Waals surface area (Å²) in [5, 5.41) is 5.32. The lowest BCUT2D eigenvalue weighted by Gasteiger charge is -2.22. The molecule has 0 bridgehead atoms. The van der Waals surface area contributed by atoms with Crippen molar-refractivity contribution in [2.75, 3.05) is 20.3 Å². The number of ether oxygens (including phenoxy) is 2. The van der Waals surface area contributed by atoms with Gasteiger partial charge in [0.25, 0.3) is 0 Å². The number of nitrogens with one attached hydrogen (secondary N) is 2. The summed E-state index contributed by atoms with van der Waals surface area (Å²) in [5.41, 5.74) is 0.876. The van der Waals surface area contributed by atoms with Gasteiger partial charge >= 0.3 is 0 Å². The molecule has 0 aliphatic carbocycles.